The van der Waals surface area contributed by atoms with Gasteiger partial charge in [0.15, 0.2) is 5.78 Å². The van der Waals surface area contributed by atoms with Gasteiger partial charge >= 0.3 is 0 Å². The first-order valence-corrected chi connectivity index (χ1v) is 5.65. The molecule has 1 rings (SSSR count). The summed E-state index contributed by atoms with van der Waals surface area (Å²) in [7, 11) is 0. The first-order chi connectivity index (χ1) is 6.59. The van der Waals surface area contributed by atoms with Gasteiger partial charge in [0.1, 0.15) is 6.61 Å². The largest absolute Gasteiger partial charge is 0.373 e. The fraction of sp³-hybridized carbons (Fsp3) is 0.500. The highest BCUT2D eigenvalue weighted by molar-refractivity contribution is 7.18. The Morgan fingerprint density at radius 2 is 2.29 bits per heavy atom. The second-order valence-electron chi connectivity index (χ2n) is 3.44. The molecule has 0 aliphatic rings. The lowest BCUT2D eigenvalue weighted by Crippen LogP contribution is -2.11. The maximum atomic E-state index is 11.5. The molecule has 0 aromatic carbocycles. The second-order valence-corrected chi connectivity index (χ2v) is 5.15. The van der Waals surface area contributed by atoms with E-state index in [-0.39, 0.29) is 12.4 Å². The molecule has 1 aromatic rings. The van der Waals surface area contributed by atoms with E-state index in [2.05, 4.69) is 0 Å². The number of Topliss-reactive ketones (excluding diaryl/α,β-unsaturated/α-hetero) is 1. The summed E-state index contributed by atoms with van der Waals surface area (Å²) < 4.78 is 5.87. The molecule has 0 bridgehead atoms. The monoisotopic (exact) mass is 232 g/mol. The molecule has 1 heterocycles. The van der Waals surface area contributed by atoms with Gasteiger partial charge in [-0.25, -0.2) is 0 Å². The van der Waals surface area contributed by atoms with E-state index in [1.807, 2.05) is 13.8 Å². The van der Waals surface area contributed by atoms with Gasteiger partial charge in [0.2, 0.25) is 0 Å². The summed E-state index contributed by atoms with van der Waals surface area (Å²) in [5.41, 5.74) is 0. The molecule has 0 radical (unpaired) electrons. The molecular formula is C10H13ClO2S. The number of hydrogen-bond acceptors (Lipinski definition) is 3. The van der Waals surface area contributed by atoms with Crippen LogP contribution in [0.3, 0.4) is 0 Å². The van der Waals surface area contributed by atoms with Crippen LogP contribution in [0.1, 0.15) is 23.5 Å². The molecule has 0 spiro atoms. The number of thiophene rings is 1. The highest BCUT2D eigenvalue weighted by atomic mass is 35.5. The fourth-order valence-corrected chi connectivity index (χ4v) is 1.89. The Kier molecular flexibility index (Phi) is 4.58. The molecule has 0 aliphatic heterocycles. The van der Waals surface area contributed by atoms with E-state index in [0.29, 0.717) is 21.7 Å². The molecule has 78 valence electrons. The molecular weight excluding hydrogens is 220 g/mol. The van der Waals surface area contributed by atoms with Crippen LogP contribution in [0, 0.1) is 5.92 Å². The summed E-state index contributed by atoms with van der Waals surface area (Å²) in [6.07, 6.45) is 0. The third kappa shape index (κ3) is 3.78. The van der Waals surface area contributed by atoms with E-state index < -0.39 is 0 Å². The minimum Gasteiger partial charge on any atom is -0.373 e. The molecule has 4 heteroatoms. The summed E-state index contributed by atoms with van der Waals surface area (Å²) in [6.45, 7) is 4.86. The Morgan fingerprint density at radius 3 is 2.79 bits per heavy atom. The number of halogens is 1. The van der Waals surface area contributed by atoms with Gasteiger partial charge in [-0.2, -0.15) is 0 Å². The van der Waals surface area contributed by atoms with Crippen LogP contribution in [0.15, 0.2) is 12.1 Å². The summed E-state index contributed by atoms with van der Waals surface area (Å²) >= 11 is 7.01. The molecule has 0 N–H and O–H groups in total. The van der Waals surface area contributed by atoms with Gasteiger partial charge in [0.25, 0.3) is 0 Å². The summed E-state index contributed by atoms with van der Waals surface area (Å²) in [5.74, 6) is 0.456. The fourth-order valence-electron chi connectivity index (χ4n) is 0.923. The van der Waals surface area contributed by atoms with E-state index in [1.54, 1.807) is 12.1 Å². The van der Waals surface area contributed by atoms with E-state index in [9.17, 15) is 4.79 Å². The van der Waals surface area contributed by atoms with E-state index in [0.717, 1.165) is 0 Å². The van der Waals surface area contributed by atoms with Crippen LogP contribution >= 0.6 is 22.9 Å². The van der Waals surface area contributed by atoms with Crippen molar-refractivity contribution in [2.45, 2.75) is 13.8 Å². The van der Waals surface area contributed by atoms with Crippen molar-refractivity contribution in [3.63, 3.8) is 0 Å². The van der Waals surface area contributed by atoms with Crippen molar-refractivity contribution in [1.82, 2.24) is 0 Å². The van der Waals surface area contributed by atoms with Gasteiger partial charge in [0.05, 0.1) is 9.21 Å². The third-order valence-corrected chi connectivity index (χ3v) is 2.80. The predicted molar refractivity (Wildman–Crippen MR) is 59.3 cm³/mol. The van der Waals surface area contributed by atoms with Gasteiger partial charge in [-0.15, -0.1) is 11.3 Å². The van der Waals surface area contributed by atoms with Gasteiger partial charge in [-0.1, -0.05) is 25.4 Å². The molecule has 0 unspecified atom stereocenters. The van der Waals surface area contributed by atoms with Gasteiger partial charge in [-0.3, -0.25) is 4.79 Å². The summed E-state index contributed by atoms with van der Waals surface area (Å²) in [5, 5.41) is 0. The van der Waals surface area contributed by atoms with E-state index in [4.69, 9.17) is 16.3 Å². The van der Waals surface area contributed by atoms with Crippen molar-refractivity contribution in [3.8, 4) is 0 Å². The Balaban J connectivity index is 2.36. The average Bonchev–Trinajstić information content (AvgIpc) is 2.51. The molecule has 14 heavy (non-hydrogen) atoms. The lowest BCUT2D eigenvalue weighted by atomic mass is 10.2. The van der Waals surface area contributed by atoms with Gasteiger partial charge < -0.3 is 4.74 Å². The molecule has 2 nitrogen and oxygen atoms in total. The number of carbonyl (C=O) groups excluding carboxylic acids is 1. The standard InChI is InChI=1S/C10H13ClO2S/c1-7(2)5-13-6-8(12)9-3-4-10(11)14-9/h3-4,7H,5-6H2,1-2H3. The number of rotatable bonds is 5. The van der Waals surface area contributed by atoms with Crippen molar-refractivity contribution >= 4 is 28.7 Å². The Bertz CT molecular complexity index is 307. The van der Waals surface area contributed by atoms with Crippen molar-refractivity contribution in [2.75, 3.05) is 13.2 Å². The quantitative estimate of drug-likeness (QED) is 0.729. The lowest BCUT2D eigenvalue weighted by Gasteiger charge is -2.04. The third-order valence-electron chi connectivity index (χ3n) is 1.53. The molecule has 0 fully saturated rings. The highest BCUT2D eigenvalue weighted by Crippen LogP contribution is 2.21. The second kappa shape index (κ2) is 5.49. The van der Waals surface area contributed by atoms with E-state index in [1.165, 1.54) is 11.3 Å². The minimum atomic E-state index is 0.00236. The van der Waals surface area contributed by atoms with Gasteiger partial charge in [-0.05, 0) is 18.1 Å². The summed E-state index contributed by atoms with van der Waals surface area (Å²) in [6, 6.07) is 3.45. The number of ether oxygens (including phenoxy) is 1. The van der Waals surface area contributed by atoms with Crippen molar-refractivity contribution in [3.05, 3.63) is 21.3 Å². The number of carbonyl (C=O) groups is 1. The summed E-state index contributed by atoms with van der Waals surface area (Å²) in [4.78, 5) is 12.1. The van der Waals surface area contributed by atoms with Crippen molar-refractivity contribution < 1.29 is 9.53 Å². The first kappa shape index (κ1) is 11.7. The number of ketones is 1. The molecule has 1 aromatic heterocycles. The van der Waals surface area contributed by atoms with Crippen LogP contribution in [-0.4, -0.2) is 19.0 Å². The topological polar surface area (TPSA) is 26.3 Å². The zero-order chi connectivity index (χ0) is 10.6. The molecule has 0 amide bonds. The van der Waals surface area contributed by atoms with Gasteiger partial charge in [0, 0.05) is 6.61 Å². The normalized spacial score (nSPS) is 10.9. The number of hydrogen-bond donors (Lipinski definition) is 0. The maximum Gasteiger partial charge on any atom is 0.198 e. The lowest BCUT2D eigenvalue weighted by molar-refractivity contribution is 0.0709. The molecule has 0 saturated carbocycles. The zero-order valence-electron chi connectivity index (χ0n) is 8.25. The molecule has 0 atom stereocenters. The predicted octanol–water partition coefficient (Wildman–Crippen LogP) is 3.26. The van der Waals surface area contributed by atoms with Crippen LogP contribution < -0.4 is 0 Å². The van der Waals surface area contributed by atoms with Crippen molar-refractivity contribution in [2.24, 2.45) is 5.92 Å². The Morgan fingerprint density at radius 1 is 1.57 bits per heavy atom. The van der Waals surface area contributed by atoms with E-state index >= 15 is 0 Å². The van der Waals surface area contributed by atoms with Crippen LogP contribution in [0.5, 0.6) is 0 Å². The van der Waals surface area contributed by atoms with Crippen molar-refractivity contribution in [1.29, 1.82) is 0 Å². The minimum absolute atomic E-state index is 0.00236. The van der Waals surface area contributed by atoms with Crippen LogP contribution in [0.2, 0.25) is 4.34 Å². The first-order valence-electron chi connectivity index (χ1n) is 4.46. The Labute approximate surface area is 92.8 Å². The van der Waals surface area contributed by atoms with Crippen LogP contribution in [0.25, 0.3) is 0 Å². The Hall–Kier alpha value is -0.380. The molecule has 0 saturated heterocycles. The highest BCUT2D eigenvalue weighted by Gasteiger charge is 2.08. The molecule has 0 aliphatic carbocycles. The SMILES string of the molecule is CC(C)COCC(=O)c1ccc(Cl)s1. The maximum absolute atomic E-state index is 11.5. The zero-order valence-corrected chi connectivity index (χ0v) is 9.82. The van der Waals surface area contributed by atoms with Crippen LogP contribution in [0.4, 0.5) is 0 Å². The average molecular weight is 233 g/mol. The van der Waals surface area contributed by atoms with Crippen LogP contribution in [-0.2, 0) is 4.74 Å². The smallest absolute Gasteiger partial charge is 0.198 e.